The Morgan fingerprint density at radius 2 is 1.81 bits per heavy atom. The summed E-state index contributed by atoms with van der Waals surface area (Å²) in [4.78, 5) is 37.8. The van der Waals surface area contributed by atoms with Crippen molar-refractivity contribution in [3.8, 4) is 0 Å². The Morgan fingerprint density at radius 1 is 1.22 bits per heavy atom. The van der Waals surface area contributed by atoms with Crippen LogP contribution in [0.4, 0.5) is 0 Å². The van der Waals surface area contributed by atoms with E-state index < -0.39 is 39.8 Å². The first-order valence-electron chi connectivity index (χ1n) is 10.9. The second kappa shape index (κ2) is 11.7. The van der Waals surface area contributed by atoms with Crippen molar-refractivity contribution in [3.63, 3.8) is 0 Å². The van der Waals surface area contributed by atoms with Gasteiger partial charge in [-0.25, -0.2) is 4.79 Å². The summed E-state index contributed by atoms with van der Waals surface area (Å²) in [5.41, 5.74) is 6.80. The van der Waals surface area contributed by atoms with Gasteiger partial charge in [0.25, 0.3) is 10.1 Å². The second-order valence-corrected chi connectivity index (χ2v) is 11.8. The van der Waals surface area contributed by atoms with Gasteiger partial charge in [0.2, 0.25) is 12.2 Å². The highest BCUT2D eigenvalue weighted by molar-refractivity contribution is 8.00. The molecule has 0 aromatic heterocycles. The molecule has 200 valence electrons. The highest BCUT2D eigenvalue weighted by Crippen LogP contribution is 2.39. The number of carbonyl (C=O) groups is 3. The van der Waals surface area contributed by atoms with Gasteiger partial charge < -0.3 is 19.9 Å². The number of aryl methyl sites for hydroxylation is 1. The highest BCUT2D eigenvalue weighted by Gasteiger charge is 2.52. The summed E-state index contributed by atoms with van der Waals surface area (Å²) < 4.78 is 45.0. The Balaban J connectivity index is 0.000000346. The maximum absolute atomic E-state index is 12.6. The van der Waals surface area contributed by atoms with Gasteiger partial charge in [-0.1, -0.05) is 17.7 Å². The molecule has 1 aromatic carbocycles. The first-order chi connectivity index (χ1) is 16.6. The molecule has 2 heterocycles. The third kappa shape index (κ3) is 7.29. The number of esters is 2. The first kappa shape index (κ1) is 29.8. The number of nitrogens with zero attached hydrogens (tertiary/aromatic N) is 1. The van der Waals surface area contributed by atoms with Crippen molar-refractivity contribution in [1.29, 1.82) is 0 Å². The van der Waals surface area contributed by atoms with E-state index in [1.807, 2.05) is 6.92 Å². The minimum atomic E-state index is -4.02. The third-order valence-electron chi connectivity index (χ3n) is 5.08. The van der Waals surface area contributed by atoms with Crippen molar-refractivity contribution < 1.29 is 41.6 Å². The fourth-order valence-corrected chi connectivity index (χ4v) is 4.88. The molecule has 2 unspecified atom stereocenters. The summed E-state index contributed by atoms with van der Waals surface area (Å²) in [7, 11) is -2.52. The Kier molecular flexibility index (Phi) is 9.71. The lowest BCUT2D eigenvalue weighted by Crippen LogP contribution is -2.68. The molecule has 1 fully saturated rings. The molecular weight excluding hydrogens is 512 g/mol. The minimum absolute atomic E-state index is 0.0666. The minimum Gasteiger partial charge on any atom is -0.425 e. The third-order valence-corrected chi connectivity index (χ3v) is 7.31. The summed E-state index contributed by atoms with van der Waals surface area (Å²) in [6.45, 7) is 8.59. The van der Waals surface area contributed by atoms with Crippen LogP contribution in [0.3, 0.4) is 0 Å². The van der Waals surface area contributed by atoms with E-state index in [1.165, 1.54) is 42.8 Å². The van der Waals surface area contributed by atoms with Crippen LogP contribution >= 0.6 is 11.8 Å². The summed E-state index contributed by atoms with van der Waals surface area (Å²) in [5, 5.41) is -0.289. The van der Waals surface area contributed by atoms with E-state index in [4.69, 9.17) is 24.5 Å². The fraction of sp³-hybridized carbons (Fsp3) is 0.522. The number of rotatable bonds is 6. The van der Waals surface area contributed by atoms with Crippen molar-refractivity contribution in [2.75, 3.05) is 19.5 Å². The lowest BCUT2D eigenvalue weighted by Gasteiger charge is -2.48. The van der Waals surface area contributed by atoms with Crippen molar-refractivity contribution >= 4 is 39.7 Å². The normalized spacial score (nSPS) is 20.4. The number of hydrogen-bond acceptors (Lipinski definition) is 10. The quantitative estimate of drug-likeness (QED) is 0.232. The monoisotopic (exact) mass is 544 g/mol. The average molecular weight is 545 g/mol. The van der Waals surface area contributed by atoms with Gasteiger partial charge in [0.1, 0.15) is 17.1 Å². The molecule has 1 amide bonds. The summed E-state index contributed by atoms with van der Waals surface area (Å²) >= 11 is 1.48. The van der Waals surface area contributed by atoms with Gasteiger partial charge in [0.05, 0.1) is 16.9 Å². The van der Waals surface area contributed by atoms with Crippen LogP contribution in [0.15, 0.2) is 40.4 Å². The summed E-state index contributed by atoms with van der Waals surface area (Å²) in [6.07, 6.45) is -1.08. The molecular formula is C23H32N2O9S2. The molecule has 13 heteroatoms. The van der Waals surface area contributed by atoms with Crippen molar-refractivity contribution in [2.45, 2.75) is 57.2 Å². The van der Waals surface area contributed by atoms with Crippen LogP contribution < -0.4 is 5.73 Å². The molecule has 0 radical (unpaired) electrons. The Bertz CT molecular complexity index is 1130. The van der Waals surface area contributed by atoms with Crippen LogP contribution in [0.5, 0.6) is 0 Å². The maximum atomic E-state index is 12.6. The maximum Gasteiger partial charge on any atom is 0.358 e. The topological polar surface area (TPSA) is 163 Å². The van der Waals surface area contributed by atoms with Gasteiger partial charge >= 0.3 is 11.9 Å². The number of β-lactam (4-membered cyclic amide) rings is 1. The molecule has 3 rings (SSSR count). The van der Waals surface area contributed by atoms with E-state index in [-0.39, 0.29) is 28.5 Å². The zero-order chi connectivity index (χ0) is 27.4. The molecule has 0 bridgehead atoms. The summed E-state index contributed by atoms with van der Waals surface area (Å²) in [6, 6.07) is 5.36. The van der Waals surface area contributed by atoms with E-state index in [0.717, 1.165) is 5.56 Å². The van der Waals surface area contributed by atoms with E-state index >= 15 is 0 Å². The molecule has 2 aliphatic heterocycles. The second-order valence-electron chi connectivity index (χ2n) is 9.24. The van der Waals surface area contributed by atoms with Crippen molar-refractivity contribution in [1.82, 2.24) is 4.90 Å². The van der Waals surface area contributed by atoms with E-state index in [1.54, 1.807) is 32.9 Å². The van der Waals surface area contributed by atoms with Gasteiger partial charge in [-0.15, -0.1) is 11.8 Å². The van der Waals surface area contributed by atoms with Gasteiger partial charge in [-0.2, -0.15) is 8.42 Å². The molecule has 3 atom stereocenters. The lowest BCUT2D eigenvalue weighted by atomic mass is 9.97. The SMILES string of the molecule is COCC1=C(C(=O)OC(C)OC(=O)C(C)(C)C)N2C(=O)C(N)[C@H]2SC1.Cc1ccc(S(=O)(=O)O)cc1. The number of methoxy groups -OCH3 is 1. The van der Waals surface area contributed by atoms with Crippen molar-refractivity contribution in [2.24, 2.45) is 11.1 Å². The number of carbonyl (C=O) groups excluding carboxylic acids is 3. The molecule has 3 N–H and O–H groups in total. The number of ether oxygens (including phenoxy) is 3. The first-order valence-corrected chi connectivity index (χ1v) is 13.4. The molecule has 2 aliphatic rings. The number of fused-ring (bicyclic) bond motifs is 1. The largest absolute Gasteiger partial charge is 0.425 e. The number of benzene rings is 1. The number of amides is 1. The average Bonchev–Trinajstić information content (AvgIpc) is 2.77. The van der Waals surface area contributed by atoms with Gasteiger partial charge in [-0.05, 0) is 45.4 Å². The molecule has 11 nitrogen and oxygen atoms in total. The lowest BCUT2D eigenvalue weighted by molar-refractivity contribution is -0.190. The molecule has 1 aromatic rings. The zero-order valence-electron chi connectivity index (χ0n) is 21.0. The van der Waals surface area contributed by atoms with E-state index in [9.17, 15) is 22.8 Å². The molecule has 1 saturated heterocycles. The van der Waals surface area contributed by atoms with Crippen LogP contribution in [0.1, 0.15) is 33.3 Å². The van der Waals surface area contributed by atoms with Gasteiger partial charge in [-0.3, -0.25) is 19.0 Å². The highest BCUT2D eigenvalue weighted by atomic mass is 32.2. The van der Waals surface area contributed by atoms with E-state index in [2.05, 4.69) is 0 Å². The van der Waals surface area contributed by atoms with E-state index in [0.29, 0.717) is 11.3 Å². The summed E-state index contributed by atoms with van der Waals surface area (Å²) in [5.74, 6) is -1.04. The Morgan fingerprint density at radius 3 is 2.31 bits per heavy atom. The standard InChI is InChI=1S/C16H24N2O6S.C7H8O3S/c1-8(24-15(21)16(2,3)4)23-14(20)11-9(6-22-5)7-25-13-10(17)12(19)18(11)13;1-6-2-4-7(5-3-6)11(8,9)10/h8,10,13H,6-7,17H2,1-5H3;2-5H,1H3,(H,8,9,10)/t8?,10?,13-;/m1./s1. The Labute approximate surface area is 215 Å². The number of nitrogens with two attached hydrogens (primary N) is 1. The molecule has 0 spiro atoms. The molecule has 0 saturated carbocycles. The smallest absolute Gasteiger partial charge is 0.358 e. The Hall–Kier alpha value is -2.45. The molecule has 36 heavy (non-hydrogen) atoms. The number of thioether (sulfide) groups is 1. The fourth-order valence-electron chi connectivity index (χ4n) is 3.12. The molecule has 0 aliphatic carbocycles. The van der Waals surface area contributed by atoms with Crippen molar-refractivity contribution in [3.05, 3.63) is 41.1 Å². The van der Waals surface area contributed by atoms with Gasteiger partial charge in [0.15, 0.2) is 0 Å². The van der Waals surface area contributed by atoms with Crippen LogP contribution in [-0.4, -0.2) is 72.9 Å². The van der Waals surface area contributed by atoms with Gasteiger partial charge in [0, 0.05) is 19.8 Å². The van der Waals surface area contributed by atoms with Crippen LogP contribution in [0.2, 0.25) is 0 Å². The predicted molar refractivity (Wildman–Crippen MR) is 132 cm³/mol. The number of hydrogen-bond donors (Lipinski definition) is 2. The van der Waals surface area contributed by atoms with Crippen LogP contribution in [0, 0.1) is 12.3 Å². The van der Waals surface area contributed by atoms with Crippen LogP contribution in [-0.2, 0) is 38.7 Å². The van der Waals surface area contributed by atoms with Crippen LogP contribution in [0.25, 0.3) is 0 Å². The zero-order valence-corrected chi connectivity index (χ0v) is 22.6. The predicted octanol–water partition coefficient (Wildman–Crippen LogP) is 1.85.